The summed E-state index contributed by atoms with van der Waals surface area (Å²) in [7, 11) is 1.28. The van der Waals surface area contributed by atoms with Crippen molar-refractivity contribution in [2.75, 3.05) is 25.1 Å². The lowest BCUT2D eigenvalue weighted by Gasteiger charge is -2.35. The van der Waals surface area contributed by atoms with Crippen LogP contribution in [0.25, 0.3) is 5.65 Å². The number of methoxy groups -OCH3 is 1. The largest absolute Gasteiger partial charge is 0.493 e. The number of pyridine rings is 1. The minimum absolute atomic E-state index is 0.0329. The number of anilines is 1. The fraction of sp³-hybridized carbons (Fsp3) is 0.478. The molecule has 0 spiro atoms. The van der Waals surface area contributed by atoms with Gasteiger partial charge < -0.3 is 9.64 Å². The zero-order valence-electron chi connectivity index (χ0n) is 18.0. The van der Waals surface area contributed by atoms with E-state index in [0.717, 1.165) is 25.0 Å². The number of halogens is 5. The first-order valence-corrected chi connectivity index (χ1v) is 11.0. The number of ether oxygens (including phenoxy) is 1. The third kappa shape index (κ3) is 4.00. The first-order valence-electron chi connectivity index (χ1n) is 11.0. The number of hydrogen-bond acceptors (Lipinski definition) is 4. The van der Waals surface area contributed by atoms with Crippen LogP contribution in [0, 0.1) is 17.6 Å². The SMILES string of the molecule is [11CH3]Oc1c(F)ccc(F)c1C1CCN(c2ccn3c(CC4CC4)nnc3c2C(F)(F)F)CC1. The van der Waals surface area contributed by atoms with Gasteiger partial charge in [0.05, 0.1) is 12.8 Å². The van der Waals surface area contributed by atoms with E-state index in [1.54, 1.807) is 11.1 Å². The average molecular weight is 465 g/mol. The highest BCUT2D eigenvalue weighted by Crippen LogP contribution is 2.43. The highest BCUT2D eigenvalue weighted by Gasteiger charge is 2.40. The van der Waals surface area contributed by atoms with E-state index in [1.807, 2.05) is 0 Å². The number of alkyl halides is 3. The van der Waals surface area contributed by atoms with Crippen molar-refractivity contribution < 1.29 is 26.7 Å². The molecule has 1 saturated carbocycles. The fourth-order valence-corrected chi connectivity index (χ4v) is 4.79. The van der Waals surface area contributed by atoms with Gasteiger partial charge in [-0.3, -0.25) is 4.40 Å². The van der Waals surface area contributed by atoms with Gasteiger partial charge in [-0.2, -0.15) is 13.2 Å². The molecule has 3 aromatic rings. The lowest BCUT2D eigenvalue weighted by atomic mass is 9.87. The second kappa shape index (κ2) is 8.14. The minimum Gasteiger partial charge on any atom is -0.493 e. The van der Waals surface area contributed by atoms with Crippen molar-refractivity contribution >= 4 is 11.3 Å². The summed E-state index contributed by atoms with van der Waals surface area (Å²) in [5, 5.41) is 7.91. The van der Waals surface area contributed by atoms with E-state index in [2.05, 4.69) is 10.2 Å². The third-order valence-electron chi connectivity index (χ3n) is 6.62. The molecule has 2 fully saturated rings. The van der Waals surface area contributed by atoms with E-state index in [1.165, 1.54) is 17.6 Å². The van der Waals surface area contributed by atoms with Gasteiger partial charge in [-0.05, 0) is 55.7 Å². The monoisotopic (exact) mass is 465 g/mol. The molecule has 0 amide bonds. The van der Waals surface area contributed by atoms with Gasteiger partial charge in [0.25, 0.3) is 0 Å². The number of benzene rings is 1. The van der Waals surface area contributed by atoms with E-state index in [4.69, 9.17) is 4.74 Å². The number of rotatable bonds is 5. The van der Waals surface area contributed by atoms with E-state index >= 15 is 0 Å². The van der Waals surface area contributed by atoms with Crippen molar-refractivity contribution in [3.63, 3.8) is 0 Å². The molecule has 5 rings (SSSR count). The highest BCUT2D eigenvalue weighted by atomic mass is 19.4. The van der Waals surface area contributed by atoms with Gasteiger partial charge in [0.1, 0.15) is 17.2 Å². The number of aromatic nitrogens is 3. The maximum atomic E-state index is 14.5. The van der Waals surface area contributed by atoms with Crippen LogP contribution in [0.4, 0.5) is 27.6 Å². The smallest absolute Gasteiger partial charge is 0.422 e. The molecule has 0 bridgehead atoms. The van der Waals surface area contributed by atoms with E-state index in [0.29, 0.717) is 31.0 Å². The Hall–Kier alpha value is -2.91. The number of nitrogens with zero attached hydrogens (tertiary/aromatic N) is 4. The summed E-state index contributed by atoms with van der Waals surface area (Å²) in [6, 6.07) is 3.52. The molecule has 1 aliphatic heterocycles. The lowest BCUT2D eigenvalue weighted by Crippen LogP contribution is -2.35. The van der Waals surface area contributed by atoms with E-state index in [-0.39, 0.29) is 41.7 Å². The summed E-state index contributed by atoms with van der Waals surface area (Å²) >= 11 is 0. The zero-order chi connectivity index (χ0) is 23.3. The molecule has 0 atom stereocenters. The van der Waals surface area contributed by atoms with Crippen LogP contribution in [0.2, 0.25) is 0 Å². The molecule has 2 aliphatic rings. The summed E-state index contributed by atoms with van der Waals surface area (Å²) < 4.78 is 77.5. The molecular formula is C23H23F5N4O. The number of piperidine rings is 1. The standard InChI is InChI=1S/C23H23F5N4O/c1-33-21-16(25)5-4-15(24)19(21)14-6-9-31(10-7-14)17-8-11-32-18(12-13-2-3-13)29-30-22(32)20(17)23(26,27)28/h4-5,8,11,13-14H,2-3,6-7,9-10,12H2,1H3/i1-1. The predicted octanol–water partition coefficient (Wildman–Crippen LogP) is 5.37. The van der Waals surface area contributed by atoms with Crippen molar-refractivity contribution in [2.24, 2.45) is 5.92 Å². The zero-order valence-corrected chi connectivity index (χ0v) is 18.0. The lowest BCUT2D eigenvalue weighted by molar-refractivity contribution is -0.136. The summed E-state index contributed by atoms with van der Waals surface area (Å²) in [6.45, 7) is 0.512. The van der Waals surface area contributed by atoms with E-state index in [9.17, 15) is 22.0 Å². The van der Waals surface area contributed by atoms with Crippen LogP contribution in [0.3, 0.4) is 0 Å². The predicted molar refractivity (Wildman–Crippen MR) is 112 cm³/mol. The van der Waals surface area contributed by atoms with Gasteiger partial charge in [-0.1, -0.05) is 0 Å². The number of hydrogen-bond donors (Lipinski definition) is 0. The van der Waals surface area contributed by atoms with Crippen molar-refractivity contribution in [3.05, 3.63) is 53.0 Å². The molecule has 0 radical (unpaired) electrons. The Morgan fingerprint density at radius 3 is 2.33 bits per heavy atom. The van der Waals surface area contributed by atoms with Crippen LogP contribution >= 0.6 is 0 Å². The van der Waals surface area contributed by atoms with Crippen molar-refractivity contribution in [1.29, 1.82) is 0 Å². The molecule has 1 saturated heterocycles. The fourth-order valence-electron chi connectivity index (χ4n) is 4.79. The maximum Gasteiger partial charge on any atom is 0.422 e. The average Bonchev–Trinajstić information content (AvgIpc) is 3.52. The molecule has 0 N–H and O–H groups in total. The van der Waals surface area contributed by atoms with Gasteiger partial charge in [0, 0.05) is 31.3 Å². The molecule has 3 heterocycles. The van der Waals surface area contributed by atoms with Crippen LogP contribution < -0.4 is 9.64 Å². The molecular weight excluding hydrogens is 442 g/mol. The first kappa shape index (κ1) is 21.9. The quantitative estimate of drug-likeness (QED) is 0.475. The normalized spacial score (nSPS) is 17.7. The first-order chi connectivity index (χ1) is 15.8. The minimum atomic E-state index is -4.61. The van der Waals surface area contributed by atoms with Crippen LogP contribution in [0.1, 0.15) is 48.6 Å². The molecule has 2 aromatic heterocycles. The Labute approximate surface area is 187 Å². The summed E-state index contributed by atoms with van der Waals surface area (Å²) in [4.78, 5) is 1.64. The summed E-state index contributed by atoms with van der Waals surface area (Å²) in [5.74, 6) is -0.728. The second-order valence-corrected chi connectivity index (χ2v) is 8.77. The van der Waals surface area contributed by atoms with Crippen LogP contribution in [-0.4, -0.2) is 34.8 Å². The summed E-state index contributed by atoms with van der Waals surface area (Å²) in [5.41, 5.74) is -0.834. The molecule has 1 aromatic carbocycles. The van der Waals surface area contributed by atoms with Gasteiger partial charge in [-0.25, -0.2) is 8.78 Å². The third-order valence-corrected chi connectivity index (χ3v) is 6.62. The Morgan fingerprint density at radius 2 is 1.70 bits per heavy atom. The van der Waals surface area contributed by atoms with Crippen LogP contribution in [-0.2, 0) is 12.6 Å². The highest BCUT2D eigenvalue weighted by molar-refractivity contribution is 5.67. The molecule has 0 unspecified atom stereocenters. The molecule has 176 valence electrons. The Bertz CT molecular complexity index is 1180. The van der Waals surface area contributed by atoms with Crippen molar-refractivity contribution in [2.45, 2.75) is 44.2 Å². The Kier molecular flexibility index (Phi) is 5.41. The molecule has 33 heavy (non-hydrogen) atoms. The van der Waals surface area contributed by atoms with Gasteiger partial charge >= 0.3 is 6.18 Å². The van der Waals surface area contributed by atoms with E-state index < -0.39 is 23.4 Å². The molecule has 1 aliphatic carbocycles. The Balaban J connectivity index is 1.45. The Morgan fingerprint density at radius 1 is 1.00 bits per heavy atom. The number of fused-ring (bicyclic) bond motifs is 1. The maximum absolute atomic E-state index is 14.5. The topological polar surface area (TPSA) is 42.7 Å². The summed E-state index contributed by atoms with van der Waals surface area (Å²) in [6.07, 6.45) is 0.437. The second-order valence-electron chi connectivity index (χ2n) is 8.77. The van der Waals surface area contributed by atoms with Gasteiger partial charge in [-0.15, -0.1) is 10.2 Å². The molecule has 10 heteroatoms. The van der Waals surface area contributed by atoms with Gasteiger partial charge in [0.2, 0.25) is 0 Å². The van der Waals surface area contributed by atoms with Gasteiger partial charge in [0.15, 0.2) is 17.2 Å². The van der Waals surface area contributed by atoms with Crippen LogP contribution in [0.15, 0.2) is 24.4 Å². The van der Waals surface area contributed by atoms with Crippen molar-refractivity contribution in [3.8, 4) is 5.75 Å². The van der Waals surface area contributed by atoms with Crippen molar-refractivity contribution in [1.82, 2.24) is 14.6 Å². The molecule has 5 nitrogen and oxygen atoms in total. The van der Waals surface area contributed by atoms with Crippen LogP contribution in [0.5, 0.6) is 5.75 Å².